The van der Waals surface area contributed by atoms with E-state index < -0.39 is 0 Å². The molecule has 1 aromatic rings. The lowest BCUT2D eigenvalue weighted by molar-refractivity contribution is 0.0526. The highest BCUT2D eigenvalue weighted by atomic mass is 16.5. The Hall–Kier alpha value is -1.97. The molecule has 0 aromatic heterocycles. The van der Waals surface area contributed by atoms with Gasteiger partial charge in [0.2, 0.25) is 0 Å². The number of benzene rings is 1. The molecule has 0 fully saturated rings. The molecule has 0 aliphatic rings. The summed E-state index contributed by atoms with van der Waals surface area (Å²) in [6, 6.07) is 4.91. The van der Waals surface area contributed by atoms with Gasteiger partial charge in [-0.2, -0.15) is 0 Å². The summed E-state index contributed by atoms with van der Waals surface area (Å²) in [5.74, 6) is 0.693. The van der Waals surface area contributed by atoms with Gasteiger partial charge < -0.3 is 14.2 Å². The van der Waals surface area contributed by atoms with Crippen molar-refractivity contribution < 1.29 is 19.0 Å². The minimum absolute atomic E-state index is 0.343. The van der Waals surface area contributed by atoms with Crippen molar-refractivity contribution in [2.75, 3.05) is 20.3 Å². The van der Waals surface area contributed by atoms with Crippen LogP contribution >= 0.6 is 0 Å². The molecule has 1 rings (SSSR count). The number of hydrogen-bond donors (Lipinski definition) is 0. The molecule has 0 saturated heterocycles. The molecule has 0 saturated carbocycles. The van der Waals surface area contributed by atoms with Gasteiger partial charge in [-0.15, -0.1) is 0 Å². The Balaban J connectivity index is 2.91. The minimum Gasteiger partial charge on any atom is -0.493 e. The third-order valence-corrected chi connectivity index (χ3v) is 2.03. The highest BCUT2D eigenvalue weighted by molar-refractivity contribution is 5.90. The van der Waals surface area contributed by atoms with E-state index in [1.54, 1.807) is 31.2 Å². The Morgan fingerprint density at radius 3 is 2.76 bits per heavy atom. The molecule has 0 N–H and O–H groups in total. The van der Waals surface area contributed by atoms with Crippen molar-refractivity contribution in [1.29, 1.82) is 0 Å². The summed E-state index contributed by atoms with van der Waals surface area (Å²) in [6.45, 7) is 6.05. The molecular weight excluding hydrogens is 220 g/mol. The van der Waals surface area contributed by atoms with E-state index in [9.17, 15) is 4.79 Å². The molecule has 17 heavy (non-hydrogen) atoms. The Morgan fingerprint density at radius 2 is 2.18 bits per heavy atom. The number of rotatable bonds is 6. The van der Waals surface area contributed by atoms with Crippen LogP contribution in [0.3, 0.4) is 0 Å². The Kier molecular flexibility index (Phi) is 5.07. The molecule has 4 heteroatoms. The van der Waals surface area contributed by atoms with Gasteiger partial charge in [0, 0.05) is 0 Å². The molecule has 0 atom stereocenters. The van der Waals surface area contributed by atoms with Gasteiger partial charge in [0.05, 0.1) is 19.3 Å². The maximum Gasteiger partial charge on any atom is 0.338 e. The largest absolute Gasteiger partial charge is 0.493 e. The first kappa shape index (κ1) is 13.1. The number of methoxy groups -OCH3 is 1. The lowest BCUT2D eigenvalue weighted by Crippen LogP contribution is -2.05. The van der Waals surface area contributed by atoms with Crippen LogP contribution in [-0.2, 0) is 4.74 Å². The molecule has 1 aromatic carbocycles. The summed E-state index contributed by atoms with van der Waals surface area (Å²) in [7, 11) is 1.52. The zero-order valence-corrected chi connectivity index (χ0v) is 10.1. The summed E-state index contributed by atoms with van der Waals surface area (Å²) in [4.78, 5) is 11.5. The summed E-state index contributed by atoms with van der Waals surface area (Å²) in [5, 5.41) is 0. The van der Waals surface area contributed by atoms with Crippen LogP contribution in [0.4, 0.5) is 0 Å². The number of hydrogen-bond acceptors (Lipinski definition) is 4. The first-order valence-electron chi connectivity index (χ1n) is 5.31. The second-order valence-corrected chi connectivity index (χ2v) is 3.19. The molecule has 92 valence electrons. The smallest absolute Gasteiger partial charge is 0.338 e. The van der Waals surface area contributed by atoms with Gasteiger partial charge in [-0.05, 0) is 25.1 Å². The SMILES string of the molecule is C=CCOc1ccc(C(=O)OCC)cc1OC. The van der Waals surface area contributed by atoms with Gasteiger partial charge in [-0.1, -0.05) is 12.7 Å². The zero-order chi connectivity index (χ0) is 12.7. The van der Waals surface area contributed by atoms with Gasteiger partial charge in [0.1, 0.15) is 6.61 Å². The Bertz CT molecular complexity index is 398. The third kappa shape index (κ3) is 3.52. The van der Waals surface area contributed by atoms with Crippen LogP contribution in [0, 0.1) is 0 Å². The normalized spacial score (nSPS) is 9.53. The summed E-state index contributed by atoms with van der Waals surface area (Å²) in [6.07, 6.45) is 1.64. The maximum atomic E-state index is 11.5. The molecule has 0 aliphatic heterocycles. The van der Waals surface area contributed by atoms with Crippen molar-refractivity contribution in [1.82, 2.24) is 0 Å². The monoisotopic (exact) mass is 236 g/mol. The van der Waals surface area contributed by atoms with Crippen LogP contribution in [-0.4, -0.2) is 26.3 Å². The Labute approximate surface area is 101 Å². The fourth-order valence-electron chi connectivity index (χ4n) is 1.28. The van der Waals surface area contributed by atoms with Crippen LogP contribution in [0.15, 0.2) is 30.9 Å². The maximum absolute atomic E-state index is 11.5. The van der Waals surface area contributed by atoms with Crippen LogP contribution in [0.5, 0.6) is 11.5 Å². The average molecular weight is 236 g/mol. The van der Waals surface area contributed by atoms with Crippen molar-refractivity contribution in [2.24, 2.45) is 0 Å². The second-order valence-electron chi connectivity index (χ2n) is 3.19. The van der Waals surface area contributed by atoms with E-state index in [2.05, 4.69) is 6.58 Å². The quantitative estimate of drug-likeness (QED) is 0.562. The van der Waals surface area contributed by atoms with E-state index in [1.807, 2.05) is 0 Å². The molecule has 0 radical (unpaired) electrons. The van der Waals surface area contributed by atoms with E-state index in [0.717, 1.165) is 0 Å². The molecule has 0 unspecified atom stereocenters. The second kappa shape index (κ2) is 6.58. The van der Waals surface area contributed by atoms with Gasteiger partial charge in [0.15, 0.2) is 11.5 Å². The average Bonchev–Trinajstić information content (AvgIpc) is 2.36. The molecule has 0 amide bonds. The standard InChI is InChI=1S/C13H16O4/c1-4-8-17-11-7-6-10(9-12(11)15-3)13(14)16-5-2/h4,6-7,9H,1,5,8H2,2-3H3. The topological polar surface area (TPSA) is 44.8 Å². The van der Waals surface area contributed by atoms with Crippen molar-refractivity contribution >= 4 is 5.97 Å². The van der Waals surface area contributed by atoms with Crippen molar-refractivity contribution in [3.8, 4) is 11.5 Å². The van der Waals surface area contributed by atoms with E-state index >= 15 is 0 Å². The van der Waals surface area contributed by atoms with Crippen LogP contribution in [0.2, 0.25) is 0 Å². The van der Waals surface area contributed by atoms with Gasteiger partial charge in [0.25, 0.3) is 0 Å². The predicted molar refractivity (Wildman–Crippen MR) is 64.6 cm³/mol. The lowest BCUT2D eigenvalue weighted by atomic mass is 10.2. The predicted octanol–water partition coefficient (Wildman–Crippen LogP) is 2.44. The van der Waals surface area contributed by atoms with Crippen LogP contribution in [0.25, 0.3) is 0 Å². The summed E-state index contributed by atoms with van der Waals surface area (Å²) in [5.41, 5.74) is 0.439. The van der Waals surface area contributed by atoms with Crippen molar-refractivity contribution in [3.05, 3.63) is 36.4 Å². The van der Waals surface area contributed by atoms with Crippen molar-refractivity contribution in [2.45, 2.75) is 6.92 Å². The van der Waals surface area contributed by atoms with Gasteiger partial charge in [-0.3, -0.25) is 0 Å². The summed E-state index contributed by atoms with van der Waals surface area (Å²) >= 11 is 0. The first-order chi connectivity index (χ1) is 8.22. The first-order valence-corrected chi connectivity index (χ1v) is 5.31. The van der Waals surface area contributed by atoms with Crippen LogP contribution < -0.4 is 9.47 Å². The van der Waals surface area contributed by atoms with Gasteiger partial charge in [-0.25, -0.2) is 4.79 Å². The number of carbonyl (C=O) groups excluding carboxylic acids is 1. The van der Waals surface area contributed by atoms with E-state index in [1.165, 1.54) is 7.11 Å². The zero-order valence-electron chi connectivity index (χ0n) is 10.1. The molecule has 0 aliphatic carbocycles. The van der Waals surface area contributed by atoms with Crippen LogP contribution in [0.1, 0.15) is 17.3 Å². The highest BCUT2D eigenvalue weighted by Gasteiger charge is 2.11. The van der Waals surface area contributed by atoms with Crippen molar-refractivity contribution in [3.63, 3.8) is 0 Å². The Morgan fingerprint density at radius 1 is 1.41 bits per heavy atom. The lowest BCUT2D eigenvalue weighted by Gasteiger charge is -2.10. The minimum atomic E-state index is -0.374. The summed E-state index contributed by atoms with van der Waals surface area (Å²) < 4.78 is 15.4. The van der Waals surface area contributed by atoms with E-state index in [-0.39, 0.29) is 5.97 Å². The molecule has 4 nitrogen and oxygen atoms in total. The number of carbonyl (C=O) groups is 1. The third-order valence-electron chi connectivity index (χ3n) is 2.03. The molecular formula is C13H16O4. The van der Waals surface area contributed by atoms with Gasteiger partial charge >= 0.3 is 5.97 Å². The fourth-order valence-corrected chi connectivity index (χ4v) is 1.28. The molecule has 0 heterocycles. The molecule has 0 spiro atoms. The number of esters is 1. The fraction of sp³-hybridized carbons (Fsp3) is 0.308. The van der Waals surface area contributed by atoms with E-state index in [0.29, 0.717) is 30.3 Å². The van der Waals surface area contributed by atoms with E-state index in [4.69, 9.17) is 14.2 Å². The number of ether oxygens (including phenoxy) is 3. The molecule has 0 bridgehead atoms. The highest BCUT2D eigenvalue weighted by Crippen LogP contribution is 2.28.